The van der Waals surface area contributed by atoms with Gasteiger partial charge in [-0.25, -0.2) is 13.6 Å². The molecule has 2 unspecified atom stereocenters. The molecule has 2 atom stereocenters. The number of sulfonamides is 1. The van der Waals surface area contributed by atoms with E-state index in [9.17, 15) is 13.2 Å². The topological polar surface area (TPSA) is 89.3 Å². The van der Waals surface area contributed by atoms with Gasteiger partial charge in [-0.1, -0.05) is 52.0 Å². The molecule has 2 aromatic rings. The molecule has 0 saturated heterocycles. The molecule has 5 nitrogen and oxygen atoms in total. The summed E-state index contributed by atoms with van der Waals surface area (Å²) in [4.78, 5) is 12.8. The summed E-state index contributed by atoms with van der Waals surface area (Å²) in [7, 11) is -3.89. The van der Waals surface area contributed by atoms with Crippen molar-refractivity contribution < 1.29 is 13.2 Å². The third-order valence-corrected chi connectivity index (χ3v) is 6.54. The minimum atomic E-state index is -3.89. The van der Waals surface area contributed by atoms with E-state index in [1.807, 2.05) is 26.0 Å². The van der Waals surface area contributed by atoms with Gasteiger partial charge in [0, 0.05) is 4.47 Å². The zero-order valence-corrected chi connectivity index (χ0v) is 19.0. The molecule has 3 N–H and O–H groups in total. The van der Waals surface area contributed by atoms with Crippen LogP contribution in [0.1, 0.15) is 67.6 Å². The summed E-state index contributed by atoms with van der Waals surface area (Å²) in [6, 6.07) is 12.3. The Bertz CT molecular complexity index is 941. The molecule has 0 aliphatic heterocycles. The van der Waals surface area contributed by atoms with Gasteiger partial charge in [-0.2, -0.15) is 0 Å². The van der Waals surface area contributed by atoms with E-state index in [1.165, 1.54) is 23.8 Å². The molecule has 0 aromatic heterocycles. The number of nitrogens with two attached hydrogens (primary N) is 1. The van der Waals surface area contributed by atoms with E-state index in [-0.39, 0.29) is 28.3 Å². The van der Waals surface area contributed by atoms with Gasteiger partial charge in [0.25, 0.3) is 5.91 Å². The molecule has 0 bridgehead atoms. The summed E-state index contributed by atoms with van der Waals surface area (Å²) >= 11 is 3.32. The van der Waals surface area contributed by atoms with Gasteiger partial charge >= 0.3 is 0 Å². The highest BCUT2D eigenvalue weighted by Gasteiger charge is 2.22. The maximum Gasteiger partial charge on any atom is 0.252 e. The van der Waals surface area contributed by atoms with Gasteiger partial charge in [0.15, 0.2) is 0 Å². The molecule has 28 heavy (non-hydrogen) atoms. The van der Waals surface area contributed by atoms with Crippen LogP contribution in [-0.2, 0) is 10.0 Å². The van der Waals surface area contributed by atoms with Gasteiger partial charge in [-0.05, 0) is 63.5 Å². The molecule has 1 amide bonds. The van der Waals surface area contributed by atoms with Crippen LogP contribution in [0.15, 0.2) is 51.8 Å². The number of hydrogen-bond donors (Lipinski definition) is 2. The third-order valence-electron chi connectivity index (χ3n) is 4.94. The summed E-state index contributed by atoms with van der Waals surface area (Å²) in [6.07, 6.45) is 1.07. The molecular weight excluding hydrogens is 440 g/mol. The Morgan fingerprint density at radius 1 is 1.07 bits per heavy atom. The fourth-order valence-corrected chi connectivity index (χ4v) is 3.94. The van der Waals surface area contributed by atoms with Crippen LogP contribution in [-0.4, -0.2) is 14.3 Å². The minimum Gasteiger partial charge on any atom is -0.345 e. The van der Waals surface area contributed by atoms with Crippen molar-refractivity contribution in [3.8, 4) is 0 Å². The van der Waals surface area contributed by atoms with Crippen molar-refractivity contribution in [2.75, 3.05) is 0 Å². The van der Waals surface area contributed by atoms with E-state index in [2.05, 4.69) is 47.2 Å². The zero-order valence-electron chi connectivity index (χ0n) is 16.6. The molecule has 0 saturated carbocycles. The van der Waals surface area contributed by atoms with Crippen LogP contribution >= 0.6 is 15.9 Å². The van der Waals surface area contributed by atoms with Crippen LogP contribution in [0.4, 0.5) is 0 Å². The van der Waals surface area contributed by atoms with Crippen molar-refractivity contribution in [3.05, 3.63) is 63.6 Å². The van der Waals surface area contributed by atoms with Crippen LogP contribution in [0.2, 0.25) is 0 Å². The number of primary sulfonamides is 1. The lowest BCUT2D eigenvalue weighted by Crippen LogP contribution is -2.32. The molecule has 0 aliphatic rings. The average Bonchev–Trinajstić information content (AvgIpc) is 2.64. The van der Waals surface area contributed by atoms with Crippen molar-refractivity contribution in [2.24, 2.45) is 11.1 Å². The molecule has 0 aliphatic carbocycles. The number of halogens is 1. The predicted molar refractivity (Wildman–Crippen MR) is 116 cm³/mol. The molecule has 7 heteroatoms. The number of hydrogen-bond acceptors (Lipinski definition) is 3. The van der Waals surface area contributed by atoms with Crippen LogP contribution in [0.3, 0.4) is 0 Å². The first kappa shape index (κ1) is 22.6. The Kier molecular flexibility index (Phi) is 7.42. The van der Waals surface area contributed by atoms with Gasteiger partial charge in [-0.3, -0.25) is 4.79 Å². The van der Waals surface area contributed by atoms with E-state index in [4.69, 9.17) is 5.14 Å². The Morgan fingerprint density at radius 2 is 1.64 bits per heavy atom. The number of nitrogens with one attached hydrogen (secondary N) is 1. The lowest BCUT2D eigenvalue weighted by Gasteiger charge is -2.24. The van der Waals surface area contributed by atoms with Gasteiger partial charge in [-0.15, -0.1) is 0 Å². The second-order valence-electron chi connectivity index (χ2n) is 7.36. The summed E-state index contributed by atoms with van der Waals surface area (Å²) in [5, 5.41) is 8.22. The van der Waals surface area contributed by atoms with Gasteiger partial charge in [0.1, 0.15) is 0 Å². The monoisotopic (exact) mass is 466 g/mol. The van der Waals surface area contributed by atoms with E-state index < -0.39 is 10.0 Å². The number of rotatable bonds is 7. The smallest absolute Gasteiger partial charge is 0.252 e. The van der Waals surface area contributed by atoms with Crippen molar-refractivity contribution in [1.82, 2.24) is 5.32 Å². The summed E-state index contributed by atoms with van der Waals surface area (Å²) < 4.78 is 23.7. The van der Waals surface area contributed by atoms with Crippen molar-refractivity contribution >= 4 is 31.9 Å². The first-order valence-corrected chi connectivity index (χ1v) is 11.6. The van der Waals surface area contributed by atoms with Crippen molar-refractivity contribution in [3.63, 3.8) is 0 Å². The van der Waals surface area contributed by atoms with Gasteiger partial charge in [0.2, 0.25) is 10.0 Å². The largest absolute Gasteiger partial charge is 0.345 e. The second-order valence-corrected chi connectivity index (χ2v) is 9.77. The zero-order chi connectivity index (χ0) is 21.1. The van der Waals surface area contributed by atoms with Gasteiger partial charge < -0.3 is 5.32 Å². The number of amides is 1. The fourth-order valence-electron chi connectivity index (χ4n) is 2.98. The Morgan fingerprint density at radius 3 is 2.14 bits per heavy atom. The highest BCUT2D eigenvalue weighted by Crippen LogP contribution is 2.27. The Hall–Kier alpha value is -1.70. The lowest BCUT2D eigenvalue weighted by atomic mass is 9.92. The number of carbonyl (C=O) groups excluding carboxylic acids is 1. The van der Waals surface area contributed by atoms with Gasteiger partial charge in [0.05, 0.1) is 16.5 Å². The Labute approximate surface area is 175 Å². The molecule has 0 heterocycles. The summed E-state index contributed by atoms with van der Waals surface area (Å²) in [5.41, 5.74) is 2.51. The maximum atomic E-state index is 12.9. The standard InChI is InChI=1S/C21H27BrN2O3S/c1-5-14(4)15-6-8-16(9-7-15)20(13(2)3)24-21(25)18-12-17(28(23,26)27)10-11-19(18)22/h6-14,20H,5H2,1-4H3,(H,24,25)(H2,23,26,27). The average molecular weight is 467 g/mol. The quantitative estimate of drug-likeness (QED) is 0.617. The van der Waals surface area contributed by atoms with Crippen LogP contribution < -0.4 is 10.5 Å². The van der Waals surface area contributed by atoms with E-state index >= 15 is 0 Å². The molecule has 0 spiro atoms. The highest BCUT2D eigenvalue weighted by molar-refractivity contribution is 9.10. The first-order chi connectivity index (χ1) is 13.0. The number of carbonyl (C=O) groups is 1. The molecule has 152 valence electrons. The second kappa shape index (κ2) is 9.20. The van der Waals surface area contributed by atoms with Crippen LogP contribution in [0, 0.1) is 5.92 Å². The predicted octanol–water partition coefficient (Wildman–Crippen LogP) is 4.74. The Balaban J connectivity index is 2.31. The third kappa shape index (κ3) is 5.43. The molecule has 0 fully saturated rings. The van der Waals surface area contributed by atoms with Crippen molar-refractivity contribution in [2.45, 2.75) is 51.0 Å². The molecule has 0 radical (unpaired) electrons. The van der Waals surface area contributed by atoms with Crippen molar-refractivity contribution in [1.29, 1.82) is 0 Å². The summed E-state index contributed by atoms with van der Waals surface area (Å²) in [6.45, 7) is 8.41. The van der Waals surface area contributed by atoms with Crippen LogP contribution in [0.5, 0.6) is 0 Å². The van der Waals surface area contributed by atoms with E-state index in [1.54, 1.807) is 0 Å². The summed E-state index contributed by atoms with van der Waals surface area (Å²) in [5.74, 6) is 0.277. The van der Waals surface area contributed by atoms with E-state index in [0.29, 0.717) is 10.4 Å². The maximum absolute atomic E-state index is 12.9. The molecular formula is C21H27BrN2O3S. The SMILES string of the molecule is CCC(C)c1ccc(C(NC(=O)c2cc(S(N)(=O)=O)ccc2Br)C(C)C)cc1. The molecule has 2 rings (SSSR count). The first-order valence-electron chi connectivity index (χ1n) is 9.27. The normalized spacial score (nSPS) is 14.0. The number of benzene rings is 2. The molecule has 2 aromatic carbocycles. The highest BCUT2D eigenvalue weighted by atomic mass is 79.9. The van der Waals surface area contributed by atoms with Crippen LogP contribution in [0.25, 0.3) is 0 Å². The fraction of sp³-hybridized carbons (Fsp3) is 0.381. The van der Waals surface area contributed by atoms with E-state index in [0.717, 1.165) is 12.0 Å². The lowest BCUT2D eigenvalue weighted by molar-refractivity contribution is 0.0924. The minimum absolute atomic E-state index is 0.0974.